The van der Waals surface area contributed by atoms with E-state index in [9.17, 15) is 29.3 Å². The maximum absolute atomic E-state index is 13.2. The average Bonchev–Trinajstić information content (AvgIpc) is 3.57. The second kappa shape index (κ2) is 10.5. The van der Waals surface area contributed by atoms with Crippen LogP contribution >= 0.6 is 0 Å². The average molecular weight is 544 g/mol. The predicted molar refractivity (Wildman–Crippen MR) is 146 cm³/mol. The van der Waals surface area contributed by atoms with Crippen LogP contribution in [0.15, 0.2) is 54.9 Å². The molecule has 0 fully saturated rings. The number of ether oxygens (including phenoxy) is 1. The first-order valence-corrected chi connectivity index (χ1v) is 12.6. The number of nitro groups is 1. The Morgan fingerprint density at radius 1 is 1.00 bits per heavy atom. The number of amides is 3. The minimum atomic E-state index is -0.708. The van der Waals surface area contributed by atoms with Gasteiger partial charge in [0.05, 0.1) is 33.7 Å². The summed E-state index contributed by atoms with van der Waals surface area (Å²) in [6.07, 6.45) is 3.97. The molecule has 4 aromatic rings. The summed E-state index contributed by atoms with van der Waals surface area (Å²) in [5.41, 5.74) is 1.83. The highest BCUT2D eigenvalue weighted by molar-refractivity contribution is 6.50. The zero-order chi connectivity index (χ0) is 28.6. The predicted octanol–water partition coefficient (Wildman–Crippen LogP) is 3.77. The van der Waals surface area contributed by atoms with Gasteiger partial charge in [-0.15, -0.1) is 0 Å². The number of carbonyl (C=O) groups is 4. The van der Waals surface area contributed by atoms with E-state index in [2.05, 4.69) is 10.6 Å². The standard InChI is InChI=1S/C28H25N5O7/c1-3-4-11-40-28(37)29-13-23(34)32-15-20(17-7-5-6-8-21(17)32)25-24(26(35)30-27(25)36)19-14-31(2)22-12-16(33(38)39)9-10-18(19)22/h5-10,12,14-15H,3-4,11,13H2,1-2H3,(H,29,37)(H,30,35,36). The molecule has 0 saturated heterocycles. The number of unbranched alkanes of at least 4 members (excludes halogenated alkanes) is 1. The third kappa shape index (κ3) is 4.59. The van der Waals surface area contributed by atoms with E-state index < -0.39 is 28.7 Å². The normalized spacial score (nSPS) is 13.2. The Morgan fingerprint density at radius 3 is 2.38 bits per heavy atom. The minimum Gasteiger partial charge on any atom is -0.450 e. The molecule has 0 saturated carbocycles. The van der Waals surface area contributed by atoms with Crippen LogP contribution in [0, 0.1) is 10.1 Å². The summed E-state index contributed by atoms with van der Waals surface area (Å²) in [7, 11) is 1.69. The SMILES string of the molecule is CCCCOC(=O)NCC(=O)n1cc(C2=C(c3cn(C)c4cc([N+](=O)[O-])ccc34)C(=O)NC2=O)c2ccccc21. The maximum Gasteiger partial charge on any atom is 0.407 e. The van der Waals surface area contributed by atoms with Crippen molar-refractivity contribution in [1.82, 2.24) is 19.8 Å². The van der Waals surface area contributed by atoms with E-state index in [0.29, 0.717) is 39.4 Å². The lowest BCUT2D eigenvalue weighted by molar-refractivity contribution is -0.384. The van der Waals surface area contributed by atoms with Crippen LogP contribution < -0.4 is 10.6 Å². The van der Waals surface area contributed by atoms with Gasteiger partial charge in [-0.1, -0.05) is 31.5 Å². The van der Waals surface area contributed by atoms with Crippen LogP contribution in [0.4, 0.5) is 10.5 Å². The number of hydrogen-bond donors (Lipinski definition) is 2. The Balaban J connectivity index is 1.60. The summed E-state index contributed by atoms with van der Waals surface area (Å²) in [6.45, 7) is 1.86. The van der Waals surface area contributed by atoms with E-state index in [0.717, 1.165) is 6.42 Å². The van der Waals surface area contributed by atoms with E-state index in [4.69, 9.17) is 4.74 Å². The lowest BCUT2D eigenvalue weighted by Gasteiger charge is -2.07. The topological polar surface area (TPSA) is 155 Å². The molecule has 40 heavy (non-hydrogen) atoms. The number of aromatic nitrogens is 2. The molecule has 0 spiro atoms. The van der Waals surface area contributed by atoms with Gasteiger partial charge in [0.15, 0.2) is 0 Å². The van der Waals surface area contributed by atoms with Gasteiger partial charge in [0.1, 0.15) is 6.54 Å². The van der Waals surface area contributed by atoms with E-state index in [1.165, 1.54) is 22.9 Å². The van der Waals surface area contributed by atoms with Gasteiger partial charge in [-0.2, -0.15) is 0 Å². The van der Waals surface area contributed by atoms with Gasteiger partial charge in [0.2, 0.25) is 0 Å². The Bertz CT molecular complexity index is 1760. The van der Waals surface area contributed by atoms with Crippen LogP contribution in [0.5, 0.6) is 0 Å². The summed E-state index contributed by atoms with van der Waals surface area (Å²) in [5.74, 6) is -1.73. The summed E-state index contributed by atoms with van der Waals surface area (Å²) in [5, 5.41) is 17.2. The van der Waals surface area contributed by atoms with Crippen LogP contribution in [0.25, 0.3) is 33.0 Å². The molecule has 3 amide bonds. The first-order valence-electron chi connectivity index (χ1n) is 12.6. The third-order valence-electron chi connectivity index (χ3n) is 6.75. The fraction of sp³-hybridized carbons (Fsp3) is 0.214. The van der Waals surface area contributed by atoms with Crippen molar-refractivity contribution in [1.29, 1.82) is 0 Å². The van der Waals surface area contributed by atoms with Gasteiger partial charge in [0, 0.05) is 53.5 Å². The summed E-state index contributed by atoms with van der Waals surface area (Å²) in [4.78, 5) is 62.2. The molecule has 2 aromatic carbocycles. The second-order valence-corrected chi connectivity index (χ2v) is 9.31. The molecular weight excluding hydrogens is 518 g/mol. The number of para-hydroxylation sites is 1. The molecule has 0 bridgehead atoms. The Morgan fingerprint density at radius 2 is 1.68 bits per heavy atom. The molecule has 3 heterocycles. The number of imide groups is 1. The molecule has 2 aromatic heterocycles. The van der Waals surface area contributed by atoms with E-state index in [1.807, 2.05) is 6.92 Å². The van der Waals surface area contributed by atoms with Crippen molar-refractivity contribution in [3.8, 4) is 0 Å². The number of nitrogens with one attached hydrogen (secondary N) is 2. The molecular formula is C28H25N5O7. The molecule has 0 atom stereocenters. The van der Waals surface area contributed by atoms with Crippen molar-refractivity contribution in [2.45, 2.75) is 19.8 Å². The van der Waals surface area contributed by atoms with Crippen LogP contribution in [0.1, 0.15) is 35.7 Å². The fourth-order valence-electron chi connectivity index (χ4n) is 4.83. The van der Waals surface area contributed by atoms with Gasteiger partial charge in [-0.25, -0.2) is 4.79 Å². The number of nitrogens with zero attached hydrogens (tertiary/aromatic N) is 3. The van der Waals surface area contributed by atoms with Gasteiger partial charge >= 0.3 is 6.09 Å². The maximum atomic E-state index is 13.2. The van der Waals surface area contributed by atoms with Crippen molar-refractivity contribution in [2.24, 2.45) is 7.05 Å². The van der Waals surface area contributed by atoms with Crippen molar-refractivity contribution in [2.75, 3.05) is 13.2 Å². The molecule has 0 radical (unpaired) electrons. The monoisotopic (exact) mass is 543 g/mol. The molecule has 12 heteroatoms. The molecule has 12 nitrogen and oxygen atoms in total. The highest BCUT2D eigenvalue weighted by atomic mass is 16.6. The Labute approximate surface area is 227 Å². The van der Waals surface area contributed by atoms with Crippen LogP contribution in [-0.4, -0.2) is 51.0 Å². The Hall–Kier alpha value is -5.26. The van der Waals surface area contributed by atoms with Gasteiger partial charge in [-0.05, 0) is 18.6 Å². The lowest BCUT2D eigenvalue weighted by Crippen LogP contribution is -2.32. The number of benzene rings is 2. The quantitative estimate of drug-likeness (QED) is 0.148. The van der Waals surface area contributed by atoms with Crippen LogP contribution in [0.2, 0.25) is 0 Å². The van der Waals surface area contributed by atoms with E-state index in [-0.39, 0.29) is 30.0 Å². The molecule has 1 aliphatic rings. The number of aryl methyl sites for hydroxylation is 1. The number of fused-ring (bicyclic) bond motifs is 2. The number of non-ortho nitro benzene ring substituents is 1. The number of carbonyl (C=O) groups excluding carboxylic acids is 4. The van der Waals surface area contributed by atoms with Gasteiger partial charge in [-0.3, -0.25) is 34.4 Å². The minimum absolute atomic E-state index is 0.0746. The number of hydrogen-bond acceptors (Lipinski definition) is 7. The van der Waals surface area contributed by atoms with Crippen molar-refractivity contribution < 1.29 is 28.8 Å². The third-order valence-corrected chi connectivity index (χ3v) is 6.75. The zero-order valence-electron chi connectivity index (χ0n) is 21.7. The molecule has 204 valence electrons. The summed E-state index contributed by atoms with van der Waals surface area (Å²) in [6, 6.07) is 11.2. The zero-order valence-corrected chi connectivity index (χ0v) is 21.7. The molecule has 1 aliphatic heterocycles. The first-order chi connectivity index (χ1) is 19.2. The summed E-state index contributed by atoms with van der Waals surface area (Å²) >= 11 is 0. The second-order valence-electron chi connectivity index (χ2n) is 9.31. The van der Waals surface area contributed by atoms with Crippen molar-refractivity contribution in [3.63, 3.8) is 0 Å². The molecule has 0 aliphatic carbocycles. The van der Waals surface area contributed by atoms with Gasteiger partial charge in [0.25, 0.3) is 23.4 Å². The molecule has 2 N–H and O–H groups in total. The largest absolute Gasteiger partial charge is 0.450 e. The van der Waals surface area contributed by atoms with Crippen molar-refractivity contribution in [3.05, 3.63) is 76.1 Å². The number of rotatable bonds is 8. The highest BCUT2D eigenvalue weighted by Gasteiger charge is 2.35. The molecule has 5 rings (SSSR count). The van der Waals surface area contributed by atoms with Gasteiger partial charge < -0.3 is 14.6 Å². The van der Waals surface area contributed by atoms with Crippen LogP contribution in [-0.2, 0) is 21.4 Å². The first kappa shape index (κ1) is 26.4. The summed E-state index contributed by atoms with van der Waals surface area (Å²) < 4.78 is 8.01. The lowest BCUT2D eigenvalue weighted by atomic mass is 9.95. The van der Waals surface area contributed by atoms with Crippen molar-refractivity contribution >= 4 is 62.5 Å². The van der Waals surface area contributed by atoms with E-state index >= 15 is 0 Å². The van der Waals surface area contributed by atoms with E-state index in [1.54, 1.807) is 48.1 Å². The highest BCUT2D eigenvalue weighted by Crippen LogP contribution is 2.39. The Kier molecular flexibility index (Phi) is 6.91. The molecule has 0 unspecified atom stereocenters. The number of nitro benzene ring substituents is 1. The smallest absolute Gasteiger partial charge is 0.407 e. The van der Waals surface area contributed by atoms with Crippen LogP contribution in [0.3, 0.4) is 0 Å². The fourth-order valence-corrected chi connectivity index (χ4v) is 4.83. The number of alkyl carbamates (subject to hydrolysis) is 1.